The van der Waals surface area contributed by atoms with E-state index >= 15 is 0 Å². The lowest BCUT2D eigenvalue weighted by molar-refractivity contribution is 0.319. The Labute approximate surface area is 101 Å². The van der Waals surface area contributed by atoms with Crippen molar-refractivity contribution in [1.82, 2.24) is 14.8 Å². The molecule has 1 aromatic rings. The first-order valence-electron chi connectivity index (χ1n) is 6.00. The fourth-order valence-corrected chi connectivity index (χ4v) is 3.24. The molecular weight excluding hydrogens is 220 g/mol. The minimum Gasteiger partial charge on any atom is -0.327 e. The van der Waals surface area contributed by atoms with Crippen LogP contribution in [0.4, 0.5) is 0 Å². The van der Waals surface area contributed by atoms with Gasteiger partial charge in [0.25, 0.3) is 0 Å². The lowest BCUT2D eigenvalue weighted by Gasteiger charge is -2.26. The van der Waals surface area contributed by atoms with Crippen molar-refractivity contribution in [3.8, 4) is 0 Å². The molecule has 0 saturated heterocycles. The fourth-order valence-electron chi connectivity index (χ4n) is 2.27. The van der Waals surface area contributed by atoms with Gasteiger partial charge >= 0.3 is 0 Å². The molecule has 1 aromatic heterocycles. The predicted octanol–water partition coefficient (Wildman–Crippen LogP) is 1.81. The fraction of sp³-hybridized carbons (Fsp3) is 0.818. The van der Waals surface area contributed by atoms with Crippen LogP contribution in [0, 0.1) is 5.92 Å². The quantitative estimate of drug-likeness (QED) is 0.816. The van der Waals surface area contributed by atoms with E-state index in [2.05, 4.69) is 10.2 Å². The first-order valence-corrected chi connectivity index (χ1v) is 6.98. The molecule has 90 valence electrons. The lowest BCUT2D eigenvalue weighted by atomic mass is 9.85. The number of rotatable bonds is 4. The number of thioether (sulfide) groups is 1. The molecule has 0 radical (unpaired) electrons. The molecular formula is C11H20N4S. The summed E-state index contributed by atoms with van der Waals surface area (Å²) in [7, 11) is 1.97. The van der Waals surface area contributed by atoms with Gasteiger partial charge in [-0.25, -0.2) is 0 Å². The molecule has 0 spiro atoms. The summed E-state index contributed by atoms with van der Waals surface area (Å²) in [4.78, 5) is 0. The summed E-state index contributed by atoms with van der Waals surface area (Å²) in [6.45, 7) is 0. The normalized spacial score (nSPS) is 19.9. The molecule has 1 saturated carbocycles. The van der Waals surface area contributed by atoms with E-state index in [1.54, 1.807) is 18.1 Å². The Bertz CT molecular complexity index is 320. The van der Waals surface area contributed by atoms with Crippen molar-refractivity contribution < 1.29 is 0 Å². The van der Waals surface area contributed by atoms with Crippen LogP contribution in [-0.4, -0.2) is 26.6 Å². The highest BCUT2D eigenvalue weighted by Gasteiger charge is 2.20. The van der Waals surface area contributed by atoms with Crippen molar-refractivity contribution in [3.63, 3.8) is 0 Å². The molecule has 4 nitrogen and oxygen atoms in total. The predicted molar refractivity (Wildman–Crippen MR) is 66.3 cm³/mol. The number of nitrogens with two attached hydrogens (primary N) is 1. The molecule has 0 aromatic carbocycles. The van der Waals surface area contributed by atoms with Crippen molar-refractivity contribution in [2.75, 3.05) is 5.75 Å². The summed E-state index contributed by atoms with van der Waals surface area (Å²) >= 11 is 1.72. The second-order valence-electron chi connectivity index (χ2n) is 4.60. The van der Waals surface area contributed by atoms with Gasteiger partial charge in [-0.1, -0.05) is 31.0 Å². The molecule has 16 heavy (non-hydrogen) atoms. The van der Waals surface area contributed by atoms with Gasteiger partial charge in [0.2, 0.25) is 0 Å². The van der Waals surface area contributed by atoms with Crippen LogP contribution in [0.15, 0.2) is 11.5 Å². The van der Waals surface area contributed by atoms with E-state index in [0.717, 1.165) is 16.8 Å². The maximum atomic E-state index is 6.24. The average Bonchev–Trinajstić information content (AvgIpc) is 2.73. The zero-order valence-corrected chi connectivity index (χ0v) is 10.6. The third-order valence-corrected chi connectivity index (χ3v) is 4.51. The van der Waals surface area contributed by atoms with Gasteiger partial charge in [-0.05, 0) is 18.8 Å². The Kier molecular flexibility index (Phi) is 4.23. The molecule has 1 fully saturated rings. The second-order valence-corrected chi connectivity index (χ2v) is 5.58. The van der Waals surface area contributed by atoms with E-state index in [-0.39, 0.29) is 0 Å². The van der Waals surface area contributed by atoms with Crippen LogP contribution >= 0.6 is 11.8 Å². The third kappa shape index (κ3) is 2.98. The number of nitrogens with zero attached hydrogens (tertiary/aromatic N) is 3. The number of hydrogen-bond acceptors (Lipinski definition) is 4. The van der Waals surface area contributed by atoms with E-state index in [4.69, 9.17) is 5.73 Å². The Morgan fingerprint density at radius 2 is 2.25 bits per heavy atom. The first kappa shape index (κ1) is 11.9. The molecule has 1 atom stereocenters. The van der Waals surface area contributed by atoms with Crippen molar-refractivity contribution in [2.45, 2.75) is 43.3 Å². The largest absolute Gasteiger partial charge is 0.327 e. The molecule has 0 aliphatic heterocycles. The molecule has 0 bridgehead atoms. The highest BCUT2D eigenvalue weighted by molar-refractivity contribution is 7.99. The molecule has 1 heterocycles. The number of aryl methyl sites for hydroxylation is 1. The minimum absolute atomic E-state index is 0.307. The van der Waals surface area contributed by atoms with Crippen LogP contribution in [0.25, 0.3) is 0 Å². The highest BCUT2D eigenvalue weighted by Crippen LogP contribution is 2.28. The van der Waals surface area contributed by atoms with Gasteiger partial charge in [-0.3, -0.25) is 0 Å². The first-order chi connectivity index (χ1) is 7.77. The van der Waals surface area contributed by atoms with Gasteiger partial charge < -0.3 is 10.3 Å². The van der Waals surface area contributed by atoms with Crippen LogP contribution in [0.2, 0.25) is 0 Å². The summed E-state index contributed by atoms with van der Waals surface area (Å²) in [6.07, 6.45) is 8.44. The minimum atomic E-state index is 0.307. The van der Waals surface area contributed by atoms with Gasteiger partial charge in [0, 0.05) is 18.8 Å². The van der Waals surface area contributed by atoms with Crippen LogP contribution in [0.5, 0.6) is 0 Å². The summed E-state index contributed by atoms with van der Waals surface area (Å²) in [5, 5.41) is 8.88. The Hall–Kier alpha value is -0.550. The maximum absolute atomic E-state index is 6.24. The standard InChI is InChI=1S/C11H20N4S/c1-15-8-13-14-11(15)16-7-10(12)9-5-3-2-4-6-9/h8-10H,2-7,12H2,1H3. The lowest BCUT2D eigenvalue weighted by Crippen LogP contribution is -2.33. The van der Waals surface area contributed by atoms with Gasteiger partial charge in [0.15, 0.2) is 5.16 Å². The van der Waals surface area contributed by atoms with Crippen LogP contribution in [0.1, 0.15) is 32.1 Å². The summed E-state index contributed by atoms with van der Waals surface area (Å²) in [5.74, 6) is 1.67. The summed E-state index contributed by atoms with van der Waals surface area (Å²) in [5.41, 5.74) is 6.24. The molecule has 5 heteroatoms. The monoisotopic (exact) mass is 240 g/mol. The van der Waals surface area contributed by atoms with E-state index in [1.807, 2.05) is 11.6 Å². The van der Waals surface area contributed by atoms with Gasteiger partial charge in [-0.15, -0.1) is 10.2 Å². The van der Waals surface area contributed by atoms with Gasteiger partial charge in [-0.2, -0.15) is 0 Å². The molecule has 2 N–H and O–H groups in total. The average molecular weight is 240 g/mol. The maximum Gasteiger partial charge on any atom is 0.190 e. The van der Waals surface area contributed by atoms with E-state index in [1.165, 1.54) is 32.1 Å². The topological polar surface area (TPSA) is 56.7 Å². The van der Waals surface area contributed by atoms with Crippen LogP contribution < -0.4 is 5.73 Å². The Morgan fingerprint density at radius 1 is 1.50 bits per heavy atom. The van der Waals surface area contributed by atoms with Gasteiger partial charge in [0.05, 0.1) is 0 Å². The van der Waals surface area contributed by atoms with Crippen molar-refractivity contribution in [1.29, 1.82) is 0 Å². The Balaban J connectivity index is 1.78. The summed E-state index contributed by atoms with van der Waals surface area (Å²) < 4.78 is 1.94. The smallest absolute Gasteiger partial charge is 0.190 e. The van der Waals surface area contributed by atoms with Crippen molar-refractivity contribution >= 4 is 11.8 Å². The van der Waals surface area contributed by atoms with Gasteiger partial charge in [0.1, 0.15) is 6.33 Å². The third-order valence-electron chi connectivity index (χ3n) is 3.33. The van der Waals surface area contributed by atoms with E-state index < -0.39 is 0 Å². The second kappa shape index (κ2) is 5.68. The van der Waals surface area contributed by atoms with E-state index in [0.29, 0.717) is 6.04 Å². The zero-order valence-electron chi connectivity index (χ0n) is 9.80. The van der Waals surface area contributed by atoms with Crippen LogP contribution in [0.3, 0.4) is 0 Å². The molecule has 1 aliphatic rings. The molecule has 1 unspecified atom stereocenters. The molecule has 1 aliphatic carbocycles. The summed E-state index contributed by atoms with van der Waals surface area (Å²) in [6, 6.07) is 0.307. The van der Waals surface area contributed by atoms with Crippen molar-refractivity contribution in [2.24, 2.45) is 18.7 Å². The number of aromatic nitrogens is 3. The van der Waals surface area contributed by atoms with Crippen LogP contribution in [-0.2, 0) is 7.05 Å². The number of hydrogen-bond donors (Lipinski definition) is 1. The molecule has 2 rings (SSSR count). The van der Waals surface area contributed by atoms with E-state index in [9.17, 15) is 0 Å². The highest BCUT2D eigenvalue weighted by atomic mass is 32.2. The zero-order chi connectivity index (χ0) is 11.4. The Morgan fingerprint density at radius 3 is 2.88 bits per heavy atom. The van der Waals surface area contributed by atoms with Crippen molar-refractivity contribution in [3.05, 3.63) is 6.33 Å². The SMILES string of the molecule is Cn1cnnc1SCC(N)C1CCCCC1. The molecule has 0 amide bonds.